The third kappa shape index (κ3) is 17.6. The van der Waals surface area contributed by atoms with Gasteiger partial charge in [-0.1, -0.05) is 64.7 Å². The highest BCUT2D eigenvalue weighted by atomic mass is 31.2. The molecule has 0 aliphatic rings. The summed E-state index contributed by atoms with van der Waals surface area (Å²) in [6.45, 7) is 2.58. The Morgan fingerprint density at radius 3 is 1.86 bits per heavy atom. The van der Waals surface area contributed by atoms with E-state index in [2.05, 4.69) is 6.92 Å². The van der Waals surface area contributed by atoms with Crippen LogP contribution in [0.25, 0.3) is 0 Å². The van der Waals surface area contributed by atoms with Gasteiger partial charge in [-0.3, -0.25) is 9.36 Å². The molecule has 2 N–H and O–H groups in total. The SMILES string of the molecule is CCCCCCCCCCCCOC(=O)CCP(=O)(O)O. The van der Waals surface area contributed by atoms with E-state index in [1.807, 2.05) is 0 Å². The second-order valence-electron chi connectivity index (χ2n) is 5.54. The predicted molar refractivity (Wildman–Crippen MR) is 84.3 cm³/mol. The molecule has 0 saturated heterocycles. The lowest BCUT2D eigenvalue weighted by Crippen LogP contribution is -2.08. The van der Waals surface area contributed by atoms with Crippen LogP contribution in [0.4, 0.5) is 0 Å². The van der Waals surface area contributed by atoms with Gasteiger partial charge >= 0.3 is 13.6 Å². The van der Waals surface area contributed by atoms with E-state index >= 15 is 0 Å². The van der Waals surface area contributed by atoms with Gasteiger partial charge in [-0.25, -0.2) is 0 Å². The number of hydrogen-bond donors (Lipinski definition) is 2. The van der Waals surface area contributed by atoms with Gasteiger partial charge in [0.15, 0.2) is 0 Å². The average Bonchev–Trinajstić information content (AvgIpc) is 2.42. The van der Waals surface area contributed by atoms with E-state index in [9.17, 15) is 9.36 Å². The van der Waals surface area contributed by atoms with E-state index < -0.39 is 19.7 Å². The molecule has 0 aromatic heterocycles. The van der Waals surface area contributed by atoms with Crippen molar-refractivity contribution in [2.24, 2.45) is 0 Å². The lowest BCUT2D eigenvalue weighted by molar-refractivity contribution is -0.143. The molecule has 0 amide bonds. The highest BCUT2D eigenvalue weighted by Gasteiger charge is 2.15. The average molecular weight is 322 g/mol. The Balaban J connectivity index is 3.21. The van der Waals surface area contributed by atoms with Crippen LogP contribution < -0.4 is 0 Å². The molecule has 6 heteroatoms. The molecule has 0 radical (unpaired) electrons. The first-order chi connectivity index (χ1) is 9.95. The number of carbonyl (C=O) groups excluding carboxylic acids is 1. The summed E-state index contributed by atoms with van der Waals surface area (Å²) in [7, 11) is -4.09. The van der Waals surface area contributed by atoms with Gasteiger partial charge in [-0.05, 0) is 6.42 Å². The molecule has 0 spiro atoms. The summed E-state index contributed by atoms with van der Waals surface area (Å²) >= 11 is 0. The fourth-order valence-corrected chi connectivity index (χ4v) is 2.56. The quantitative estimate of drug-likeness (QED) is 0.287. The van der Waals surface area contributed by atoms with E-state index in [1.165, 1.54) is 44.9 Å². The van der Waals surface area contributed by atoms with Crippen LogP contribution in [0.5, 0.6) is 0 Å². The fraction of sp³-hybridized carbons (Fsp3) is 0.933. The van der Waals surface area contributed by atoms with Crippen molar-refractivity contribution in [1.29, 1.82) is 0 Å². The minimum Gasteiger partial charge on any atom is -0.466 e. The van der Waals surface area contributed by atoms with Crippen molar-refractivity contribution in [3.63, 3.8) is 0 Å². The number of ether oxygens (including phenoxy) is 1. The maximum atomic E-state index is 11.2. The van der Waals surface area contributed by atoms with Crippen molar-refractivity contribution in [3.05, 3.63) is 0 Å². The first-order valence-electron chi connectivity index (χ1n) is 8.16. The zero-order valence-electron chi connectivity index (χ0n) is 13.3. The minimum atomic E-state index is -4.09. The maximum absolute atomic E-state index is 11.2. The van der Waals surface area contributed by atoms with E-state index in [0.717, 1.165) is 19.3 Å². The molecule has 0 unspecified atom stereocenters. The van der Waals surface area contributed by atoms with Crippen molar-refractivity contribution in [1.82, 2.24) is 0 Å². The van der Waals surface area contributed by atoms with Crippen molar-refractivity contribution in [2.45, 2.75) is 77.6 Å². The molecule has 0 aromatic carbocycles. The second-order valence-corrected chi connectivity index (χ2v) is 7.32. The molecule has 0 rings (SSSR count). The van der Waals surface area contributed by atoms with Gasteiger partial charge in [-0.2, -0.15) is 0 Å². The van der Waals surface area contributed by atoms with Crippen molar-refractivity contribution >= 4 is 13.6 Å². The topological polar surface area (TPSA) is 83.8 Å². The Bertz CT molecular complexity index is 300. The first kappa shape index (κ1) is 20.6. The number of unbranched alkanes of at least 4 members (excludes halogenated alkanes) is 9. The molecule has 0 aromatic rings. The molecule has 0 fully saturated rings. The van der Waals surface area contributed by atoms with E-state index in [1.54, 1.807) is 0 Å². The molecule has 0 heterocycles. The van der Waals surface area contributed by atoms with Gasteiger partial charge in [0.05, 0.1) is 19.2 Å². The highest BCUT2D eigenvalue weighted by molar-refractivity contribution is 7.51. The Labute approximate surface area is 128 Å². The highest BCUT2D eigenvalue weighted by Crippen LogP contribution is 2.34. The van der Waals surface area contributed by atoms with Crippen molar-refractivity contribution < 1.29 is 23.9 Å². The van der Waals surface area contributed by atoms with Crippen LogP contribution >= 0.6 is 7.60 Å². The van der Waals surface area contributed by atoms with Crippen LogP contribution in [0.2, 0.25) is 0 Å². The van der Waals surface area contributed by atoms with E-state index in [-0.39, 0.29) is 6.42 Å². The number of esters is 1. The molecule has 126 valence electrons. The van der Waals surface area contributed by atoms with Gasteiger partial charge in [0.1, 0.15) is 0 Å². The van der Waals surface area contributed by atoms with Gasteiger partial charge in [0, 0.05) is 0 Å². The van der Waals surface area contributed by atoms with Gasteiger partial charge < -0.3 is 14.5 Å². The Morgan fingerprint density at radius 1 is 0.905 bits per heavy atom. The number of carbonyl (C=O) groups is 1. The molecule has 5 nitrogen and oxygen atoms in total. The van der Waals surface area contributed by atoms with Crippen LogP contribution in [0.1, 0.15) is 77.6 Å². The Morgan fingerprint density at radius 2 is 1.38 bits per heavy atom. The lowest BCUT2D eigenvalue weighted by atomic mass is 10.1. The summed E-state index contributed by atoms with van der Waals surface area (Å²) < 4.78 is 15.5. The Kier molecular flexibility index (Phi) is 13.1. The first-order valence-corrected chi connectivity index (χ1v) is 9.95. The van der Waals surface area contributed by atoms with Crippen LogP contribution in [0, 0.1) is 0 Å². The molecular weight excluding hydrogens is 291 g/mol. The minimum absolute atomic E-state index is 0.206. The zero-order chi connectivity index (χ0) is 16.0. The Hall–Kier alpha value is -0.380. The van der Waals surface area contributed by atoms with Crippen LogP contribution in [-0.4, -0.2) is 28.5 Å². The summed E-state index contributed by atoms with van der Waals surface area (Å²) in [5.41, 5.74) is 0. The third-order valence-corrected chi connectivity index (χ3v) is 4.17. The van der Waals surface area contributed by atoms with Crippen LogP contribution in [0.15, 0.2) is 0 Å². The van der Waals surface area contributed by atoms with Gasteiger partial charge in [-0.15, -0.1) is 0 Å². The van der Waals surface area contributed by atoms with E-state index in [0.29, 0.717) is 6.61 Å². The zero-order valence-corrected chi connectivity index (χ0v) is 14.2. The molecule has 0 bridgehead atoms. The largest absolute Gasteiger partial charge is 0.466 e. The molecule has 0 aliphatic carbocycles. The summed E-state index contributed by atoms with van der Waals surface area (Å²) in [5.74, 6) is -0.519. The summed E-state index contributed by atoms with van der Waals surface area (Å²) in [5, 5.41) is 0. The van der Waals surface area contributed by atoms with Gasteiger partial charge in [0.2, 0.25) is 0 Å². The molecule has 0 atom stereocenters. The van der Waals surface area contributed by atoms with E-state index in [4.69, 9.17) is 14.5 Å². The predicted octanol–water partition coefficient (Wildman–Crippen LogP) is 4.02. The third-order valence-electron chi connectivity index (χ3n) is 3.37. The molecule has 21 heavy (non-hydrogen) atoms. The smallest absolute Gasteiger partial charge is 0.326 e. The molecular formula is C15H31O5P. The van der Waals surface area contributed by atoms with Crippen molar-refractivity contribution in [2.75, 3.05) is 12.8 Å². The molecule has 0 aliphatic heterocycles. The maximum Gasteiger partial charge on any atom is 0.326 e. The van der Waals surface area contributed by atoms with Crippen LogP contribution in [-0.2, 0) is 14.1 Å². The standard InChI is InChI=1S/C15H31O5P/c1-2-3-4-5-6-7-8-9-10-11-13-20-15(16)12-14-21(17,18)19/h2-14H2,1H3,(H2,17,18,19). The summed E-state index contributed by atoms with van der Waals surface area (Å²) in [6, 6.07) is 0. The van der Waals surface area contributed by atoms with Crippen LogP contribution in [0.3, 0.4) is 0 Å². The second kappa shape index (κ2) is 13.3. The number of rotatable bonds is 14. The normalized spacial score (nSPS) is 11.6. The fourth-order valence-electron chi connectivity index (χ4n) is 2.08. The summed E-state index contributed by atoms with van der Waals surface area (Å²) in [6.07, 6.45) is 11.5. The van der Waals surface area contributed by atoms with Crippen molar-refractivity contribution in [3.8, 4) is 0 Å². The summed E-state index contributed by atoms with van der Waals surface area (Å²) in [4.78, 5) is 28.4. The lowest BCUT2D eigenvalue weighted by Gasteiger charge is -2.06. The molecule has 0 saturated carbocycles. The monoisotopic (exact) mass is 322 g/mol. The number of hydrogen-bond acceptors (Lipinski definition) is 3. The van der Waals surface area contributed by atoms with Gasteiger partial charge in [0.25, 0.3) is 0 Å².